The third-order valence-corrected chi connectivity index (χ3v) is 4.28. The molecule has 0 spiro atoms. The summed E-state index contributed by atoms with van der Waals surface area (Å²) in [7, 11) is 0. The number of nitrogen functional groups attached to an aromatic ring is 1. The van der Waals surface area contributed by atoms with Crippen LogP contribution in [0.25, 0.3) is 0 Å². The number of rotatable bonds is 3. The molecule has 1 unspecified atom stereocenters. The molecule has 1 heterocycles. The first-order chi connectivity index (χ1) is 9.70. The van der Waals surface area contributed by atoms with E-state index in [1.807, 2.05) is 6.07 Å². The quantitative estimate of drug-likeness (QED) is 0.587. The molecule has 4 heteroatoms. The maximum Gasteiger partial charge on any atom is 0.128 e. The Morgan fingerprint density at radius 1 is 1.20 bits per heavy atom. The Labute approximate surface area is 119 Å². The lowest BCUT2D eigenvalue weighted by atomic mass is 9.89. The van der Waals surface area contributed by atoms with Crippen molar-refractivity contribution in [2.45, 2.75) is 25.8 Å². The van der Waals surface area contributed by atoms with Crippen molar-refractivity contribution in [3.05, 3.63) is 58.8 Å². The first kappa shape index (κ1) is 13.1. The standard InChI is InChI=1S/C16H20N4/c1-10-6-7-19-16(17)14(10)15(20-18)13-8-11-4-2-3-5-12(11)9-13/h2-7,13,15,20H,8-9,18H2,1H3,(H2,17,19). The van der Waals surface area contributed by atoms with E-state index in [0.29, 0.717) is 11.7 Å². The van der Waals surface area contributed by atoms with Gasteiger partial charge in [0.2, 0.25) is 0 Å². The Bertz CT molecular complexity index is 578. The summed E-state index contributed by atoms with van der Waals surface area (Å²) < 4.78 is 0. The predicted molar refractivity (Wildman–Crippen MR) is 80.8 cm³/mol. The van der Waals surface area contributed by atoms with Crippen LogP contribution in [0, 0.1) is 12.8 Å². The van der Waals surface area contributed by atoms with Crippen molar-refractivity contribution < 1.29 is 0 Å². The number of aryl methyl sites for hydroxylation is 1. The van der Waals surface area contributed by atoms with Crippen molar-refractivity contribution in [1.82, 2.24) is 10.4 Å². The zero-order valence-corrected chi connectivity index (χ0v) is 11.6. The first-order valence-electron chi connectivity index (χ1n) is 6.94. The molecule has 1 aliphatic rings. The molecule has 20 heavy (non-hydrogen) atoms. The van der Waals surface area contributed by atoms with E-state index in [1.54, 1.807) is 6.20 Å². The van der Waals surface area contributed by atoms with Crippen LogP contribution in [-0.4, -0.2) is 4.98 Å². The Morgan fingerprint density at radius 3 is 2.40 bits per heavy atom. The van der Waals surface area contributed by atoms with E-state index in [9.17, 15) is 0 Å². The zero-order chi connectivity index (χ0) is 14.1. The minimum absolute atomic E-state index is 0.0381. The summed E-state index contributed by atoms with van der Waals surface area (Å²) >= 11 is 0. The Kier molecular flexibility index (Phi) is 3.42. The monoisotopic (exact) mass is 268 g/mol. The molecule has 5 N–H and O–H groups in total. The van der Waals surface area contributed by atoms with Crippen LogP contribution in [0.3, 0.4) is 0 Å². The minimum Gasteiger partial charge on any atom is -0.383 e. The van der Waals surface area contributed by atoms with Crippen molar-refractivity contribution in [2.75, 3.05) is 5.73 Å². The lowest BCUT2D eigenvalue weighted by molar-refractivity contribution is 0.379. The van der Waals surface area contributed by atoms with Gasteiger partial charge in [-0.25, -0.2) is 4.98 Å². The van der Waals surface area contributed by atoms with Gasteiger partial charge in [-0.05, 0) is 48.4 Å². The molecule has 1 atom stereocenters. The second-order valence-electron chi connectivity index (χ2n) is 5.51. The lowest BCUT2D eigenvalue weighted by Crippen LogP contribution is -2.35. The number of pyridine rings is 1. The number of anilines is 1. The van der Waals surface area contributed by atoms with Gasteiger partial charge in [-0.15, -0.1) is 0 Å². The number of benzene rings is 1. The molecular formula is C16H20N4. The highest BCUT2D eigenvalue weighted by Gasteiger charge is 2.31. The Balaban J connectivity index is 1.93. The predicted octanol–water partition coefficient (Wildman–Crippen LogP) is 1.89. The van der Waals surface area contributed by atoms with Crippen LogP contribution in [0.4, 0.5) is 5.82 Å². The second-order valence-corrected chi connectivity index (χ2v) is 5.51. The van der Waals surface area contributed by atoms with Gasteiger partial charge in [0.15, 0.2) is 0 Å². The largest absolute Gasteiger partial charge is 0.383 e. The normalized spacial score (nSPS) is 16.1. The Morgan fingerprint density at radius 2 is 1.85 bits per heavy atom. The van der Waals surface area contributed by atoms with Gasteiger partial charge in [-0.2, -0.15) is 0 Å². The van der Waals surface area contributed by atoms with Gasteiger partial charge in [0.05, 0.1) is 6.04 Å². The van der Waals surface area contributed by atoms with E-state index in [1.165, 1.54) is 11.1 Å². The third kappa shape index (κ3) is 2.17. The molecule has 0 saturated heterocycles. The SMILES string of the molecule is Cc1ccnc(N)c1C(NN)C1Cc2ccccc2C1. The van der Waals surface area contributed by atoms with Gasteiger partial charge in [-0.1, -0.05) is 24.3 Å². The number of hydrogen-bond donors (Lipinski definition) is 3. The molecule has 0 saturated carbocycles. The van der Waals surface area contributed by atoms with Crippen molar-refractivity contribution in [1.29, 1.82) is 0 Å². The molecule has 1 aromatic carbocycles. The highest BCUT2D eigenvalue weighted by molar-refractivity contribution is 5.47. The first-order valence-corrected chi connectivity index (χ1v) is 6.94. The highest BCUT2D eigenvalue weighted by atomic mass is 15.2. The van der Waals surface area contributed by atoms with Crippen LogP contribution >= 0.6 is 0 Å². The average molecular weight is 268 g/mol. The summed E-state index contributed by atoms with van der Waals surface area (Å²) in [6.07, 6.45) is 3.79. The maximum absolute atomic E-state index is 6.06. The van der Waals surface area contributed by atoms with Crippen molar-refractivity contribution >= 4 is 5.82 Å². The zero-order valence-electron chi connectivity index (χ0n) is 11.6. The summed E-state index contributed by atoms with van der Waals surface area (Å²) in [5, 5.41) is 0. The van der Waals surface area contributed by atoms with Crippen LogP contribution in [0.5, 0.6) is 0 Å². The number of hydrazine groups is 1. The molecule has 1 aromatic heterocycles. The van der Waals surface area contributed by atoms with Crippen LogP contribution in [0.2, 0.25) is 0 Å². The minimum atomic E-state index is 0.0381. The number of nitrogens with zero attached hydrogens (tertiary/aromatic N) is 1. The topological polar surface area (TPSA) is 77.0 Å². The van der Waals surface area contributed by atoms with E-state index in [0.717, 1.165) is 24.0 Å². The van der Waals surface area contributed by atoms with Gasteiger partial charge >= 0.3 is 0 Å². The van der Waals surface area contributed by atoms with Gasteiger partial charge in [-0.3, -0.25) is 11.3 Å². The van der Waals surface area contributed by atoms with Gasteiger partial charge in [0.1, 0.15) is 5.82 Å². The smallest absolute Gasteiger partial charge is 0.128 e. The van der Waals surface area contributed by atoms with E-state index in [4.69, 9.17) is 11.6 Å². The fourth-order valence-electron chi connectivity index (χ4n) is 3.28. The summed E-state index contributed by atoms with van der Waals surface area (Å²) in [6, 6.07) is 10.6. The molecule has 2 aromatic rings. The third-order valence-electron chi connectivity index (χ3n) is 4.28. The molecule has 0 amide bonds. The molecular weight excluding hydrogens is 248 g/mol. The number of fused-ring (bicyclic) bond motifs is 1. The molecule has 104 valence electrons. The second kappa shape index (κ2) is 5.23. The summed E-state index contributed by atoms with van der Waals surface area (Å²) in [5.41, 5.74) is 14.0. The van der Waals surface area contributed by atoms with E-state index in [2.05, 4.69) is 41.6 Å². The molecule has 0 fully saturated rings. The summed E-state index contributed by atoms with van der Waals surface area (Å²) in [4.78, 5) is 4.21. The fraction of sp³-hybridized carbons (Fsp3) is 0.312. The number of aromatic nitrogens is 1. The molecule has 4 nitrogen and oxygen atoms in total. The molecule has 1 aliphatic carbocycles. The van der Waals surface area contributed by atoms with E-state index in [-0.39, 0.29) is 6.04 Å². The van der Waals surface area contributed by atoms with Crippen LogP contribution < -0.4 is 17.0 Å². The maximum atomic E-state index is 6.06. The summed E-state index contributed by atoms with van der Waals surface area (Å²) in [6.45, 7) is 2.06. The van der Waals surface area contributed by atoms with E-state index < -0.39 is 0 Å². The Hall–Kier alpha value is -1.91. The van der Waals surface area contributed by atoms with Crippen molar-refractivity contribution in [3.63, 3.8) is 0 Å². The van der Waals surface area contributed by atoms with Gasteiger partial charge < -0.3 is 5.73 Å². The van der Waals surface area contributed by atoms with Crippen LogP contribution in [0.15, 0.2) is 36.5 Å². The van der Waals surface area contributed by atoms with Gasteiger partial charge in [0.25, 0.3) is 0 Å². The molecule has 3 rings (SSSR count). The van der Waals surface area contributed by atoms with Crippen LogP contribution in [0.1, 0.15) is 28.3 Å². The lowest BCUT2D eigenvalue weighted by Gasteiger charge is -2.25. The van der Waals surface area contributed by atoms with Crippen LogP contribution in [-0.2, 0) is 12.8 Å². The van der Waals surface area contributed by atoms with Crippen molar-refractivity contribution in [2.24, 2.45) is 11.8 Å². The van der Waals surface area contributed by atoms with Crippen molar-refractivity contribution in [3.8, 4) is 0 Å². The molecule has 0 aliphatic heterocycles. The van der Waals surface area contributed by atoms with Gasteiger partial charge in [0, 0.05) is 11.8 Å². The molecule has 0 radical (unpaired) electrons. The summed E-state index contributed by atoms with van der Waals surface area (Å²) in [5.74, 6) is 6.82. The highest BCUT2D eigenvalue weighted by Crippen LogP contribution is 2.37. The average Bonchev–Trinajstić information content (AvgIpc) is 2.86. The van der Waals surface area contributed by atoms with E-state index >= 15 is 0 Å². The molecule has 0 bridgehead atoms. The number of nitrogens with one attached hydrogen (secondary N) is 1. The number of nitrogens with two attached hydrogens (primary N) is 2. The number of hydrogen-bond acceptors (Lipinski definition) is 4. The fourth-order valence-corrected chi connectivity index (χ4v) is 3.28.